The lowest BCUT2D eigenvalue weighted by molar-refractivity contribution is -0.111. The van der Waals surface area contributed by atoms with Crippen molar-refractivity contribution in [3.63, 3.8) is 0 Å². The minimum absolute atomic E-state index is 0.241. The fourth-order valence-electron chi connectivity index (χ4n) is 12.5. The van der Waals surface area contributed by atoms with Gasteiger partial charge < -0.3 is 9.47 Å². The van der Waals surface area contributed by atoms with Gasteiger partial charge >= 0.3 is 10.4 Å². The van der Waals surface area contributed by atoms with Crippen molar-refractivity contribution in [1.82, 2.24) is 0 Å². The maximum absolute atomic E-state index is 13.3. The van der Waals surface area contributed by atoms with E-state index in [1.807, 2.05) is 14.2 Å². The van der Waals surface area contributed by atoms with Crippen molar-refractivity contribution in [3.05, 3.63) is 0 Å². The first-order valence-corrected chi connectivity index (χ1v) is 19.2. The molecule has 248 valence electrons. The van der Waals surface area contributed by atoms with E-state index in [0.29, 0.717) is 33.5 Å². The van der Waals surface area contributed by atoms with Gasteiger partial charge in [-0.3, -0.25) is 0 Å². The average molecular weight is 623 g/mol. The number of ether oxygens (including phenoxy) is 2. The fourth-order valence-corrected chi connectivity index (χ4v) is 13.6. The molecular formula is C36H62O6S. The molecule has 0 heterocycles. The van der Waals surface area contributed by atoms with Crippen molar-refractivity contribution in [2.24, 2.45) is 57.2 Å². The molecule has 12 atom stereocenters. The lowest BCUT2D eigenvalue weighted by Crippen LogP contribution is -2.52. The van der Waals surface area contributed by atoms with Gasteiger partial charge in [-0.25, -0.2) is 8.37 Å². The van der Waals surface area contributed by atoms with Crippen LogP contribution in [0.15, 0.2) is 0 Å². The molecule has 0 aromatic carbocycles. The van der Waals surface area contributed by atoms with E-state index in [4.69, 9.17) is 17.8 Å². The molecule has 43 heavy (non-hydrogen) atoms. The third kappa shape index (κ3) is 6.39. The lowest BCUT2D eigenvalue weighted by atomic mass is 9.47. The van der Waals surface area contributed by atoms with Crippen molar-refractivity contribution in [1.29, 1.82) is 0 Å². The largest absolute Gasteiger partial charge is 0.400 e. The van der Waals surface area contributed by atoms with E-state index in [2.05, 4.69) is 27.7 Å². The molecule has 0 radical (unpaired) electrons. The van der Waals surface area contributed by atoms with Gasteiger partial charge in [0.05, 0.1) is 25.4 Å². The van der Waals surface area contributed by atoms with Gasteiger partial charge in [0.1, 0.15) is 0 Å². The summed E-state index contributed by atoms with van der Waals surface area (Å²) in [5.74, 6) is 4.12. The molecule has 0 unspecified atom stereocenters. The SMILES string of the molecule is COC[C@@]1(C)CC[C@H]2[C@@H](CC[C@@H]3C[C@H](OS(=O)(=O)O[C@@H]4CC[C@@]5(C)[C@H](CC[C@H]6C[C@@](C)(COC)CC[C@@H]65)C4)CC[C@@]32C)C1. The molecule has 0 bridgehead atoms. The van der Waals surface area contributed by atoms with Gasteiger partial charge in [-0.1, -0.05) is 27.7 Å². The second-order valence-electron chi connectivity index (χ2n) is 17.7. The predicted octanol–water partition coefficient (Wildman–Crippen LogP) is 8.34. The van der Waals surface area contributed by atoms with E-state index >= 15 is 0 Å². The van der Waals surface area contributed by atoms with Crippen LogP contribution in [0.5, 0.6) is 0 Å². The van der Waals surface area contributed by atoms with Crippen molar-refractivity contribution in [2.45, 2.75) is 143 Å². The maximum atomic E-state index is 13.3. The highest BCUT2D eigenvalue weighted by Crippen LogP contribution is 2.63. The molecule has 7 heteroatoms. The first-order valence-electron chi connectivity index (χ1n) is 17.9. The summed E-state index contributed by atoms with van der Waals surface area (Å²) in [5, 5.41) is 0. The van der Waals surface area contributed by atoms with E-state index in [1.54, 1.807) is 0 Å². The maximum Gasteiger partial charge on any atom is 0.400 e. The van der Waals surface area contributed by atoms with Gasteiger partial charge in [0.2, 0.25) is 0 Å². The topological polar surface area (TPSA) is 71.1 Å². The van der Waals surface area contributed by atoms with Crippen molar-refractivity contribution in [2.75, 3.05) is 27.4 Å². The highest BCUT2D eigenvalue weighted by molar-refractivity contribution is 7.81. The van der Waals surface area contributed by atoms with Crippen molar-refractivity contribution >= 4 is 10.4 Å². The molecule has 0 aliphatic heterocycles. The molecule has 0 saturated heterocycles. The second kappa shape index (κ2) is 12.1. The zero-order valence-corrected chi connectivity index (χ0v) is 29.0. The van der Waals surface area contributed by atoms with Crippen LogP contribution in [0.1, 0.15) is 130 Å². The number of fused-ring (bicyclic) bond motifs is 6. The van der Waals surface area contributed by atoms with Crippen LogP contribution in [0, 0.1) is 57.2 Å². The predicted molar refractivity (Wildman–Crippen MR) is 170 cm³/mol. The Kier molecular flexibility index (Phi) is 9.21. The Morgan fingerprint density at radius 3 is 1.40 bits per heavy atom. The Balaban J connectivity index is 1.02. The number of rotatable bonds is 8. The van der Waals surface area contributed by atoms with Crippen LogP contribution in [-0.2, 0) is 28.2 Å². The van der Waals surface area contributed by atoms with E-state index in [-0.39, 0.29) is 12.2 Å². The minimum atomic E-state index is -4.01. The molecule has 0 aromatic heterocycles. The molecule has 0 spiro atoms. The van der Waals surface area contributed by atoms with Gasteiger partial charge in [0, 0.05) is 14.2 Å². The summed E-state index contributed by atoms with van der Waals surface area (Å²) < 4.78 is 49.6. The Morgan fingerprint density at radius 1 is 0.581 bits per heavy atom. The Labute approximate surface area is 263 Å². The summed E-state index contributed by atoms with van der Waals surface area (Å²) in [5.41, 5.74) is 1.22. The summed E-state index contributed by atoms with van der Waals surface area (Å²) in [6.45, 7) is 11.5. The smallest absolute Gasteiger partial charge is 0.384 e. The molecule has 0 N–H and O–H groups in total. The fraction of sp³-hybridized carbons (Fsp3) is 1.00. The molecule has 6 rings (SSSR count). The van der Waals surface area contributed by atoms with Crippen LogP contribution in [0.2, 0.25) is 0 Å². The quantitative estimate of drug-likeness (QED) is 0.271. The van der Waals surface area contributed by atoms with Crippen LogP contribution in [0.25, 0.3) is 0 Å². The molecule has 6 aliphatic rings. The zero-order chi connectivity index (χ0) is 30.7. The summed E-state index contributed by atoms with van der Waals surface area (Å²) in [4.78, 5) is 0. The van der Waals surface area contributed by atoms with Gasteiger partial charge in [0.15, 0.2) is 0 Å². The second-order valence-corrected chi connectivity index (χ2v) is 18.9. The molecule has 6 aliphatic carbocycles. The first-order chi connectivity index (χ1) is 20.3. The highest BCUT2D eigenvalue weighted by Gasteiger charge is 2.56. The standard InChI is InChI=1S/C36H62O6S/c1-33(23-39-5)15-13-31-25(21-33)7-9-27-19-29(11-17-35(27,31)3)41-43(37,38)42-30-12-18-36(4)28(20-30)10-8-26-22-34(2,24-40-6)16-14-32(26)36/h25-32H,7-24H2,1-6H3/t25-,26-,27+,28+,29+,30+,31-,32-,33-,34-,35-,36-/m0/s1. The third-order valence-corrected chi connectivity index (χ3v) is 15.7. The van der Waals surface area contributed by atoms with E-state index < -0.39 is 10.4 Å². The van der Waals surface area contributed by atoms with Gasteiger partial charge in [-0.2, -0.15) is 8.42 Å². The summed E-state index contributed by atoms with van der Waals surface area (Å²) in [6, 6.07) is 0. The van der Waals surface area contributed by atoms with E-state index in [9.17, 15) is 8.42 Å². The van der Waals surface area contributed by atoms with Gasteiger partial charge in [-0.15, -0.1) is 0 Å². The highest BCUT2D eigenvalue weighted by atomic mass is 32.3. The minimum Gasteiger partial charge on any atom is -0.384 e. The molecule has 6 nitrogen and oxygen atoms in total. The number of methoxy groups -OCH3 is 2. The monoisotopic (exact) mass is 622 g/mol. The van der Waals surface area contributed by atoms with Gasteiger partial charge in [-0.05, 0) is 160 Å². The van der Waals surface area contributed by atoms with E-state index in [1.165, 1.54) is 64.2 Å². The van der Waals surface area contributed by atoms with Crippen LogP contribution >= 0.6 is 0 Å². The normalized spacial score (nSPS) is 50.2. The van der Waals surface area contributed by atoms with Crippen LogP contribution < -0.4 is 0 Å². The van der Waals surface area contributed by atoms with Crippen LogP contribution in [0.3, 0.4) is 0 Å². The molecular weight excluding hydrogens is 560 g/mol. The lowest BCUT2D eigenvalue weighted by Gasteiger charge is -2.59. The Morgan fingerprint density at radius 2 is 1.00 bits per heavy atom. The zero-order valence-electron chi connectivity index (χ0n) is 28.2. The number of hydrogen-bond donors (Lipinski definition) is 0. The molecule has 0 amide bonds. The summed E-state index contributed by atoms with van der Waals surface area (Å²) in [6.07, 6.45) is 17.5. The Bertz CT molecular complexity index is 1020. The molecule has 6 fully saturated rings. The van der Waals surface area contributed by atoms with E-state index in [0.717, 1.165) is 75.4 Å². The number of hydrogen-bond acceptors (Lipinski definition) is 6. The average Bonchev–Trinajstić information content (AvgIpc) is 2.93. The first kappa shape index (κ1) is 32.7. The van der Waals surface area contributed by atoms with Crippen LogP contribution in [-0.4, -0.2) is 48.1 Å². The summed E-state index contributed by atoms with van der Waals surface area (Å²) >= 11 is 0. The molecule has 0 aromatic rings. The molecule has 6 saturated carbocycles. The van der Waals surface area contributed by atoms with Gasteiger partial charge in [0.25, 0.3) is 0 Å². The Hall–Kier alpha value is -0.210. The van der Waals surface area contributed by atoms with Crippen molar-refractivity contribution in [3.8, 4) is 0 Å². The summed E-state index contributed by atoms with van der Waals surface area (Å²) in [7, 11) is -0.347. The van der Waals surface area contributed by atoms with Crippen molar-refractivity contribution < 1.29 is 26.3 Å². The third-order valence-electron chi connectivity index (χ3n) is 14.7. The van der Waals surface area contributed by atoms with Crippen LogP contribution in [0.4, 0.5) is 0 Å².